The minimum atomic E-state index is -0.968. The Bertz CT molecular complexity index is 822. The van der Waals surface area contributed by atoms with Crippen molar-refractivity contribution in [1.29, 1.82) is 5.41 Å². The summed E-state index contributed by atoms with van der Waals surface area (Å²) in [4.78, 5) is 11.9. The number of nitrogens with one attached hydrogen (secondary N) is 2. The third kappa shape index (κ3) is 4.83. The second-order valence-electron chi connectivity index (χ2n) is 5.84. The molecule has 0 spiro atoms. The molecule has 0 saturated heterocycles. The molecule has 26 heavy (non-hydrogen) atoms. The van der Waals surface area contributed by atoms with Gasteiger partial charge in [0.25, 0.3) is 0 Å². The highest BCUT2D eigenvalue weighted by Gasteiger charge is 2.20. The van der Waals surface area contributed by atoms with Gasteiger partial charge in [-0.25, -0.2) is 4.79 Å². The molecule has 0 aliphatic carbocycles. The fourth-order valence-corrected chi connectivity index (χ4v) is 2.65. The number of carbonyl (C=O) groups is 1. The minimum absolute atomic E-state index is 0.0265. The van der Waals surface area contributed by atoms with E-state index in [1.807, 2.05) is 56.4 Å². The average molecular weight is 349 g/mol. The van der Waals surface area contributed by atoms with E-state index in [0.29, 0.717) is 16.8 Å². The molecular weight excluding hydrogens is 326 g/mol. The molecule has 0 radical (unpaired) electrons. The van der Waals surface area contributed by atoms with Crippen molar-refractivity contribution < 1.29 is 9.90 Å². The van der Waals surface area contributed by atoms with Crippen LogP contribution < -0.4 is 11.1 Å². The number of allylic oxidation sites excluding steroid dienone is 2. The van der Waals surface area contributed by atoms with Gasteiger partial charge in [0.15, 0.2) is 6.04 Å². The quantitative estimate of drug-likeness (QED) is 0.443. The number of benzene rings is 2. The van der Waals surface area contributed by atoms with Gasteiger partial charge in [-0.15, -0.1) is 0 Å². The molecule has 1 atom stereocenters. The van der Waals surface area contributed by atoms with Gasteiger partial charge in [0.1, 0.15) is 5.84 Å². The van der Waals surface area contributed by atoms with Gasteiger partial charge in [0.05, 0.1) is 0 Å². The van der Waals surface area contributed by atoms with Crippen molar-refractivity contribution in [2.75, 3.05) is 5.32 Å². The van der Waals surface area contributed by atoms with Crippen LogP contribution in [0.25, 0.3) is 12.2 Å². The van der Waals surface area contributed by atoms with Crippen LogP contribution in [0.5, 0.6) is 0 Å². The summed E-state index contributed by atoms with van der Waals surface area (Å²) in [7, 11) is 0. The second-order valence-corrected chi connectivity index (χ2v) is 5.84. The number of carboxylic acids is 1. The lowest BCUT2D eigenvalue weighted by atomic mass is 9.99. The molecule has 0 aromatic heterocycles. The fourth-order valence-electron chi connectivity index (χ4n) is 2.65. The van der Waals surface area contributed by atoms with E-state index in [-0.39, 0.29) is 5.84 Å². The first-order valence-electron chi connectivity index (χ1n) is 8.28. The lowest BCUT2D eigenvalue weighted by Gasteiger charge is -2.18. The highest BCUT2D eigenvalue weighted by Crippen LogP contribution is 2.24. The minimum Gasteiger partial charge on any atom is -0.479 e. The maximum atomic E-state index is 11.9. The van der Waals surface area contributed by atoms with Crippen molar-refractivity contribution in [2.45, 2.75) is 19.9 Å². The van der Waals surface area contributed by atoms with Crippen molar-refractivity contribution in [2.24, 2.45) is 5.73 Å². The van der Waals surface area contributed by atoms with Crippen molar-refractivity contribution in [3.8, 4) is 0 Å². The Morgan fingerprint density at radius 2 is 1.62 bits per heavy atom. The number of amidine groups is 1. The summed E-state index contributed by atoms with van der Waals surface area (Å²) in [6, 6.07) is 11.6. The SMILES string of the molecule is CC=Cc1cc(C=CC)cc(C(Nc2ccc(C(=N)N)cc2)C(=O)O)c1. The first-order valence-corrected chi connectivity index (χ1v) is 8.28. The third-order valence-electron chi connectivity index (χ3n) is 3.81. The zero-order valence-electron chi connectivity index (χ0n) is 14.9. The fraction of sp³-hybridized carbons (Fsp3) is 0.143. The standard InChI is InChI=1S/C21H23N3O2/c1-3-5-14-11-15(6-4-2)13-17(12-14)19(21(25)26)24-18-9-7-16(8-10-18)20(22)23/h3-13,19,24H,1-2H3,(H3,22,23)(H,25,26). The monoisotopic (exact) mass is 349 g/mol. The van der Waals surface area contributed by atoms with Gasteiger partial charge >= 0.3 is 5.97 Å². The molecule has 0 heterocycles. The predicted octanol–water partition coefficient (Wildman–Crippen LogP) is 4.27. The molecule has 5 N–H and O–H groups in total. The van der Waals surface area contributed by atoms with Crippen LogP contribution in [0.3, 0.4) is 0 Å². The molecule has 0 saturated carbocycles. The molecule has 5 nitrogen and oxygen atoms in total. The second kappa shape index (κ2) is 8.67. The Morgan fingerprint density at radius 1 is 1.08 bits per heavy atom. The first-order chi connectivity index (χ1) is 12.4. The summed E-state index contributed by atoms with van der Waals surface area (Å²) in [5.41, 5.74) is 9.24. The molecule has 5 heteroatoms. The van der Waals surface area contributed by atoms with E-state index < -0.39 is 12.0 Å². The zero-order chi connectivity index (χ0) is 19.1. The number of anilines is 1. The molecule has 0 aliphatic rings. The molecule has 2 rings (SSSR count). The number of nitrogen functional groups attached to an aromatic ring is 1. The van der Waals surface area contributed by atoms with Gasteiger partial charge in [0.2, 0.25) is 0 Å². The molecule has 0 aliphatic heterocycles. The van der Waals surface area contributed by atoms with Crippen LogP contribution in [0.4, 0.5) is 5.69 Å². The zero-order valence-corrected chi connectivity index (χ0v) is 14.9. The largest absolute Gasteiger partial charge is 0.479 e. The molecule has 2 aromatic carbocycles. The number of carboxylic acid groups (broad SMARTS) is 1. The van der Waals surface area contributed by atoms with E-state index in [1.54, 1.807) is 24.3 Å². The van der Waals surface area contributed by atoms with Crippen LogP contribution in [0.15, 0.2) is 54.6 Å². The number of nitrogens with two attached hydrogens (primary N) is 1. The summed E-state index contributed by atoms with van der Waals surface area (Å²) in [6.45, 7) is 3.84. The molecular formula is C21H23N3O2. The highest BCUT2D eigenvalue weighted by atomic mass is 16.4. The van der Waals surface area contributed by atoms with E-state index >= 15 is 0 Å². The third-order valence-corrected chi connectivity index (χ3v) is 3.81. The van der Waals surface area contributed by atoms with Gasteiger partial charge in [-0.3, -0.25) is 5.41 Å². The molecule has 1 unspecified atom stereocenters. The average Bonchev–Trinajstić information content (AvgIpc) is 2.60. The number of rotatable bonds is 7. The Hall–Kier alpha value is -3.34. The highest BCUT2D eigenvalue weighted by molar-refractivity contribution is 5.95. The maximum Gasteiger partial charge on any atom is 0.330 e. The Kier molecular flexibility index (Phi) is 6.33. The van der Waals surface area contributed by atoms with Crippen LogP contribution >= 0.6 is 0 Å². The van der Waals surface area contributed by atoms with Crippen LogP contribution in [0, 0.1) is 5.41 Å². The number of hydrogen-bond acceptors (Lipinski definition) is 3. The maximum absolute atomic E-state index is 11.9. The smallest absolute Gasteiger partial charge is 0.330 e. The van der Waals surface area contributed by atoms with Crippen molar-refractivity contribution >= 4 is 29.6 Å². The van der Waals surface area contributed by atoms with E-state index in [4.69, 9.17) is 11.1 Å². The summed E-state index contributed by atoms with van der Waals surface area (Å²) in [5, 5.41) is 20.2. The van der Waals surface area contributed by atoms with E-state index in [9.17, 15) is 9.90 Å². The van der Waals surface area contributed by atoms with Crippen molar-refractivity contribution in [1.82, 2.24) is 0 Å². The van der Waals surface area contributed by atoms with Gasteiger partial charge in [-0.05, 0) is 73.0 Å². The lowest BCUT2D eigenvalue weighted by Crippen LogP contribution is -2.21. The van der Waals surface area contributed by atoms with Crippen LogP contribution in [-0.2, 0) is 4.79 Å². The Labute approximate surface area is 153 Å². The van der Waals surface area contributed by atoms with Gasteiger partial charge < -0.3 is 16.2 Å². The molecule has 0 amide bonds. The first kappa shape index (κ1) is 19.0. The van der Waals surface area contributed by atoms with Crippen LogP contribution in [0.1, 0.15) is 42.1 Å². The molecule has 134 valence electrons. The van der Waals surface area contributed by atoms with Crippen LogP contribution in [-0.4, -0.2) is 16.9 Å². The molecule has 0 fully saturated rings. The van der Waals surface area contributed by atoms with Gasteiger partial charge in [-0.1, -0.05) is 24.3 Å². The van der Waals surface area contributed by atoms with E-state index in [1.165, 1.54) is 0 Å². The van der Waals surface area contributed by atoms with Gasteiger partial charge in [0, 0.05) is 11.3 Å². The summed E-state index contributed by atoms with van der Waals surface area (Å²) >= 11 is 0. The number of hydrogen-bond donors (Lipinski definition) is 4. The van der Waals surface area contributed by atoms with E-state index in [0.717, 1.165) is 11.1 Å². The topological polar surface area (TPSA) is 99.2 Å². The predicted molar refractivity (Wildman–Crippen MR) is 107 cm³/mol. The lowest BCUT2D eigenvalue weighted by molar-refractivity contribution is -0.138. The van der Waals surface area contributed by atoms with Crippen LogP contribution in [0.2, 0.25) is 0 Å². The summed E-state index contributed by atoms with van der Waals surface area (Å²) in [6.07, 6.45) is 7.72. The Balaban J connectivity index is 2.39. The van der Waals surface area contributed by atoms with E-state index in [2.05, 4.69) is 5.32 Å². The normalized spacial score (nSPS) is 12.4. The summed E-state index contributed by atoms with van der Waals surface area (Å²) < 4.78 is 0. The molecule has 2 aromatic rings. The summed E-state index contributed by atoms with van der Waals surface area (Å²) in [5.74, 6) is -0.994. The molecule has 0 bridgehead atoms. The number of aliphatic carboxylic acids is 1. The van der Waals surface area contributed by atoms with Gasteiger partial charge in [-0.2, -0.15) is 0 Å². The van der Waals surface area contributed by atoms with Crippen molar-refractivity contribution in [3.05, 3.63) is 76.9 Å². The van der Waals surface area contributed by atoms with Crippen molar-refractivity contribution in [3.63, 3.8) is 0 Å². The Morgan fingerprint density at radius 3 is 2.04 bits per heavy atom.